The van der Waals surface area contributed by atoms with Gasteiger partial charge in [-0.25, -0.2) is 4.79 Å². The Bertz CT molecular complexity index is 654. The Labute approximate surface area is 112 Å². The van der Waals surface area contributed by atoms with Gasteiger partial charge >= 0.3 is 5.97 Å². The van der Waals surface area contributed by atoms with Crippen LogP contribution in [0.1, 0.15) is 21.5 Å². The van der Waals surface area contributed by atoms with Crippen LogP contribution in [0.2, 0.25) is 0 Å². The summed E-state index contributed by atoms with van der Waals surface area (Å²) in [5, 5.41) is 11.2. The van der Waals surface area contributed by atoms with E-state index in [-0.39, 0.29) is 0 Å². The molecule has 0 aromatic heterocycles. The SMILES string of the molecule is C=CCc1cc2ccccc2c(C(=O)O)c1CC=C. The molecule has 0 heterocycles. The molecule has 2 heteroatoms. The zero-order chi connectivity index (χ0) is 13.8. The van der Waals surface area contributed by atoms with Gasteiger partial charge in [0.2, 0.25) is 0 Å². The highest BCUT2D eigenvalue weighted by atomic mass is 16.4. The topological polar surface area (TPSA) is 37.3 Å². The van der Waals surface area contributed by atoms with Gasteiger partial charge < -0.3 is 5.11 Å². The lowest BCUT2D eigenvalue weighted by atomic mass is 9.91. The van der Waals surface area contributed by atoms with Crippen LogP contribution in [-0.2, 0) is 12.8 Å². The Morgan fingerprint density at radius 3 is 2.47 bits per heavy atom. The maximum atomic E-state index is 11.6. The molecule has 0 bridgehead atoms. The van der Waals surface area contributed by atoms with Crippen molar-refractivity contribution in [3.63, 3.8) is 0 Å². The number of benzene rings is 2. The molecule has 0 radical (unpaired) electrons. The number of carboxylic acid groups (broad SMARTS) is 1. The first-order valence-corrected chi connectivity index (χ1v) is 6.17. The zero-order valence-corrected chi connectivity index (χ0v) is 10.7. The molecule has 96 valence electrons. The van der Waals surface area contributed by atoms with Crippen molar-refractivity contribution in [3.8, 4) is 0 Å². The van der Waals surface area contributed by atoms with Gasteiger partial charge in [-0.05, 0) is 34.7 Å². The standard InChI is InChI=1S/C17H16O2/c1-3-7-12-11-13-9-5-6-10-15(13)16(17(18)19)14(12)8-4-2/h3-6,9-11H,1-2,7-8H2,(H,18,19). The summed E-state index contributed by atoms with van der Waals surface area (Å²) >= 11 is 0. The summed E-state index contributed by atoms with van der Waals surface area (Å²) in [6.45, 7) is 7.46. The number of hydrogen-bond donors (Lipinski definition) is 1. The average molecular weight is 252 g/mol. The van der Waals surface area contributed by atoms with Crippen molar-refractivity contribution in [2.24, 2.45) is 0 Å². The molecular formula is C17H16O2. The smallest absolute Gasteiger partial charge is 0.336 e. The normalized spacial score (nSPS) is 10.3. The molecule has 19 heavy (non-hydrogen) atoms. The number of carboxylic acids is 1. The lowest BCUT2D eigenvalue weighted by molar-refractivity contribution is 0.0698. The summed E-state index contributed by atoms with van der Waals surface area (Å²) in [5.41, 5.74) is 2.22. The van der Waals surface area contributed by atoms with E-state index < -0.39 is 5.97 Å². The molecule has 0 spiro atoms. The molecule has 1 N–H and O–H groups in total. The van der Waals surface area contributed by atoms with Crippen molar-refractivity contribution in [2.75, 3.05) is 0 Å². The van der Waals surface area contributed by atoms with Crippen LogP contribution in [0, 0.1) is 0 Å². The fourth-order valence-electron chi connectivity index (χ4n) is 2.41. The van der Waals surface area contributed by atoms with Crippen molar-refractivity contribution in [3.05, 3.63) is 72.3 Å². The van der Waals surface area contributed by atoms with Gasteiger partial charge in [0.25, 0.3) is 0 Å². The number of fused-ring (bicyclic) bond motifs is 1. The van der Waals surface area contributed by atoms with Gasteiger partial charge in [0.15, 0.2) is 0 Å². The number of rotatable bonds is 5. The first-order valence-electron chi connectivity index (χ1n) is 6.17. The zero-order valence-electron chi connectivity index (χ0n) is 10.7. The molecule has 0 fully saturated rings. The summed E-state index contributed by atoms with van der Waals surface area (Å²) in [6, 6.07) is 9.61. The van der Waals surface area contributed by atoms with Crippen LogP contribution in [0.15, 0.2) is 55.6 Å². The fourth-order valence-corrected chi connectivity index (χ4v) is 2.41. The van der Waals surface area contributed by atoms with Crippen LogP contribution in [0.4, 0.5) is 0 Å². The van der Waals surface area contributed by atoms with E-state index in [1.807, 2.05) is 30.3 Å². The Morgan fingerprint density at radius 1 is 1.16 bits per heavy atom. The van der Waals surface area contributed by atoms with Crippen molar-refractivity contribution in [2.45, 2.75) is 12.8 Å². The minimum absolute atomic E-state index is 0.384. The maximum absolute atomic E-state index is 11.6. The van der Waals surface area contributed by atoms with Crippen molar-refractivity contribution >= 4 is 16.7 Å². The molecule has 2 aromatic rings. The van der Waals surface area contributed by atoms with E-state index in [0.29, 0.717) is 18.4 Å². The van der Waals surface area contributed by atoms with E-state index in [2.05, 4.69) is 13.2 Å². The third-order valence-electron chi connectivity index (χ3n) is 3.18. The molecule has 0 amide bonds. The molecule has 0 atom stereocenters. The lowest BCUT2D eigenvalue weighted by Crippen LogP contribution is -2.07. The van der Waals surface area contributed by atoms with Crippen LogP contribution in [-0.4, -0.2) is 11.1 Å². The lowest BCUT2D eigenvalue weighted by Gasteiger charge is -2.13. The van der Waals surface area contributed by atoms with Crippen LogP contribution in [0.3, 0.4) is 0 Å². The second-order valence-electron chi connectivity index (χ2n) is 4.40. The van der Waals surface area contributed by atoms with Gasteiger partial charge in [0.1, 0.15) is 0 Å². The third-order valence-corrected chi connectivity index (χ3v) is 3.18. The molecule has 0 aliphatic heterocycles. The summed E-state index contributed by atoms with van der Waals surface area (Å²) in [4.78, 5) is 11.6. The first-order chi connectivity index (χ1) is 9.19. The van der Waals surface area contributed by atoms with Gasteiger partial charge in [-0.15, -0.1) is 13.2 Å². The molecule has 2 rings (SSSR count). The summed E-state index contributed by atoms with van der Waals surface area (Å²) in [7, 11) is 0. The molecule has 0 aliphatic rings. The highest BCUT2D eigenvalue weighted by molar-refractivity contribution is 6.05. The highest BCUT2D eigenvalue weighted by Crippen LogP contribution is 2.27. The predicted molar refractivity (Wildman–Crippen MR) is 78.7 cm³/mol. The van der Waals surface area contributed by atoms with Gasteiger partial charge in [-0.1, -0.05) is 42.5 Å². The van der Waals surface area contributed by atoms with E-state index in [0.717, 1.165) is 21.9 Å². The van der Waals surface area contributed by atoms with Crippen molar-refractivity contribution in [1.82, 2.24) is 0 Å². The van der Waals surface area contributed by atoms with Crippen molar-refractivity contribution in [1.29, 1.82) is 0 Å². The molecular weight excluding hydrogens is 236 g/mol. The van der Waals surface area contributed by atoms with Gasteiger partial charge in [-0.3, -0.25) is 0 Å². The minimum Gasteiger partial charge on any atom is -0.478 e. The van der Waals surface area contributed by atoms with Gasteiger partial charge in [0, 0.05) is 0 Å². The second-order valence-corrected chi connectivity index (χ2v) is 4.40. The summed E-state index contributed by atoms with van der Waals surface area (Å²) in [6.07, 6.45) is 4.75. The van der Waals surface area contributed by atoms with E-state index in [1.54, 1.807) is 12.2 Å². The molecule has 0 saturated heterocycles. The highest BCUT2D eigenvalue weighted by Gasteiger charge is 2.17. The van der Waals surface area contributed by atoms with E-state index in [4.69, 9.17) is 0 Å². The monoisotopic (exact) mass is 252 g/mol. The number of aromatic carboxylic acids is 1. The fraction of sp³-hybridized carbons (Fsp3) is 0.118. The third kappa shape index (κ3) is 2.43. The van der Waals surface area contributed by atoms with Gasteiger partial charge in [-0.2, -0.15) is 0 Å². The second kappa shape index (κ2) is 5.53. The number of hydrogen-bond acceptors (Lipinski definition) is 1. The number of carbonyl (C=O) groups is 1. The van der Waals surface area contributed by atoms with E-state index >= 15 is 0 Å². The summed E-state index contributed by atoms with van der Waals surface area (Å²) < 4.78 is 0. The molecule has 0 saturated carbocycles. The van der Waals surface area contributed by atoms with Gasteiger partial charge in [0.05, 0.1) is 5.56 Å². The maximum Gasteiger partial charge on any atom is 0.336 e. The predicted octanol–water partition coefficient (Wildman–Crippen LogP) is 4.00. The minimum atomic E-state index is -0.890. The Balaban J connectivity index is 2.86. The van der Waals surface area contributed by atoms with Crippen LogP contribution >= 0.6 is 0 Å². The van der Waals surface area contributed by atoms with E-state index in [9.17, 15) is 9.90 Å². The molecule has 2 nitrogen and oxygen atoms in total. The molecule has 0 aliphatic carbocycles. The van der Waals surface area contributed by atoms with Crippen LogP contribution in [0.5, 0.6) is 0 Å². The first kappa shape index (κ1) is 13.1. The molecule has 0 unspecified atom stereocenters. The van der Waals surface area contributed by atoms with Crippen LogP contribution in [0.25, 0.3) is 10.8 Å². The Kier molecular flexibility index (Phi) is 3.81. The van der Waals surface area contributed by atoms with E-state index in [1.165, 1.54) is 0 Å². The van der Waals surface area contributed by atoms with Crippen molar-refractivity contribution < 1.29 is 9.90 Å². The summed E-state index contributed by atoms with van der Waals surface area (Å²) in [5.74, 6) is -0.890. The Morgan fingerprint density at radius 2 is 1.84 bits per heavy atom. The molecule has 2 aromatic carbocycles. The Hall–Kier alpha value is -2.35. The van der Waals surface area contributed by atoms with Crippen LogP contribution < -0.4 is 0 Å². The largest absolute Gasteiger partial charge is 0.478 e. The number of allylic oxidation sites excluding steroid dienone is 2. The average Bonchev–Trinajstić information content (AvgIpc) is 2.39. The quantitative estimate of drug-likeness (QED) is 0.817.